The molecule has 0 radical (unpaired) electrons. The maximum Gasteiger partial charge on any atom is 0.470 e. The first kappa shape index (κ1) is 34.9. The fourth-order valence-corrected chi connectivity index (χ4v) is 7.38. The second-order valence-electron chi connectivity index (χ2n) is 14.3. The average Bonchev–Trinajstić information content (AvgIpc) is 4.09. The van der Waals surface area contributed by atoms with E-state index < -0.39 is 21.4 Å². The summed E-state index contributed by atoms with van der Waals surface area (Å²) < 4.78 is 55.3. The van der Waals surface area contributed by atoms with Gasteiger partial charge >= 0.3 is 21.4 Å². The van der Waals surface area contributed by atoms with E-state index in [4.69, 9.17) is 40.2 Å². The summed E-state index contributed by atoms with van der Waals surface area (Å²) in [4.78, 5) is 0. The molecule has 276 valence electrons. The van der Waals surface area contributed by atoms with E-state index in [1.807, 2.05) is 0 Å². The molecule has 0 spiro atoms. The van der Waals surface area contributed by atoms with Crippen molar-refractivity contribution < 1.29 is 40.2 Å². The van der Waals surface area contributed by atoms with E-state index in [0.717, 1.165) is 83.5 Å². The van der Waals surface area contributed by atoms with Crippen LogP contribution in [0.1, 0.15) is 16.7 Å². The molecule has 0 amide bonds. The summed E-state index contributed by atoms with van der Waals surface area (Å²) in [5.74, 6) is 0. The minimum atomic E-state index is -0.976. The molecule has 6 aromatic heterocycles. The van der Waals surface area contributed by atoms with Crippen LogP contribution < -0.4 is 16.4 Å². The molecule has 1 aliphatic rings. The van der Waals surface area contributed by atoms with Gasteiger partial charge < -0.3 is 40.2 Å². The van der Waals surface area contributed by atoms with Crippen LogP contribution in [-0.4, -0.2) is 21.4 Å². The first-order valence-electron chi connectivity index (χ1n) is 18.5. The molecular weight excluding hydrogens is 717 g/mol. The number of hydrogen-bond donors (Lipinski definition) is 0. The first-order valence-corrected chi connectivity index (χ1v) is 18.5. The Morgan fingerprint density at radius 3 is 0.772 bits per heavy atom. The predicted molar refractivity (Wildman–Crippen MR) is 219 cm³/mol. The molecule has 0 N–H and O–H groups in total. The molecule has 0 unspecified atom stereocenters. The van der Waals surface area contributed by atoms with E-state index in [2.05, 4.69) is 93.6 Å². The molecule has 9 nitrogen and oxygen atoms in total. The Hall–Kier alpha value is -6.59. The van der Waals surface area contributed by atoms with Crippen molar-refractivity contribution in [1.82, 2.24) is 0 Å². The molecule has 0 bridgehead atoms. The van der Waals surface area contributed by atoms with Gasteiger partial charge in [-0.15, -0.1) is 0 Å². The maximum atomic E-state index is 6.76. The Morgan fingerprint density at radius 2 is 0.491 bits per heavy atom. The monoisotopic (exact) mass is 750 g/mol. The second-order valence-corrected chi connectivity index (χ2v) is 14.3. The van der Waals surface area contributed by atoms with E-state index >= 15 is 0 Å². The Labute approximate surface area is 329 Å². The van der Waals surface area contributed by atoms with Crippen LogP contribution in [0.4, 0.5) is 0 Å². The highest BCUT2D eigenvalue weighted by molar-refractivity contribution is 6.88. The van der Waals surface area contributed by atoms with E-state index in [0.29, 0.717) is 16.4 Å². The van der Waals surface area contributed by atoms with Crippen LogP contribution in [0, 0.1) is 20.8 Å². The topological polar surface area (TPSA) is 107 Å². The van der Waals surface area contributed by atoms with E-state index in [9.17, 15) is 0 Å². The molecule has 9 aromatic rings. The Kier molecular flexibility index (Phi) is 8.86. The van der Waals surface area contributed by atoms with Gasteiger partial charge in [-0.3, -0.25) is 0 Å². The molecule has 3 aromatic carbocycles. The van der Waals surface area contributed by atoms with Crippen LogP contribution in [0.2, 0.25) is 0 Å². The Bertz CT molecular complexity index is 2470. The number of furan rings is 6. The zero-order chi connectivity index (χ0) is 38.5. The number of hydrogen-bond acceptors (Lipinski definition) is 9. The van der Waals surface area contributed by atoms with Crippen LogP contribution in [0.25, 0.3) is 66.8 Å². The Morgan fingerprint density at radius 1 is 0.263 bits per heavy atom. The van der Waals surface area contributed by atoms with Gasteiger partial charge in [-0.05, 0) is 37.5 Å². The zero-order valence-electron chi connectivity index (χ0n) is 31.3. The van der Waals surface area contributed by atoms with Gasteiger partial charge in [0.05, 0.1) is 75.2 Å². The quantitative estimate of drug-likeness (QED) is 0.133. The summed E-state index contributed by atoms with van der Waals surface area (Å²) in [6, 6.07) is 24.8. The number of rotatable bonds is 9. The van der Waals surface area contributed by atoms with Crippen molar-refractivity contribution in [1.29, 1.82) is 0 Å². The third-order valence-corrected chi connectivity index (χ3v) is 10.5. The molecule has 57 heavy (non-hydrogen) atoms. The summed E-state index contributed by atoms with van der Waals surface area (Å²) in [5.41, 5.74) is 15.8. The van der Waals surface area contributed by atoms with Crippen LogP contribution in [0.15, 0.2) is 174 Å². The lowest BCUT2D eigenvalue weighted by atomic mass is 9.60. The van der Waals surface area contributed by atoms with Gasteiger partial charge in [0.25, 0.3) is 0 Å². The molecule has 7 heterocycles. The van der Waals surface area contributed by atoms with Crippen LogP contribution in [0.5, 0.6) is 0 Å². The molecule has 0 aliphatic carbocycles. The van der Waals surface area contributed by atoms with Gasteiger partial charge in [-0.1, -0.05) is 89.5 Å². The SMILES string of the molecule is Cc1ccc(-c2cocc2-c2cocc2B2OB(c3cocc3-c3cocc3-c3ccc(C)cc3)OB(c3cocc3-c3cocc3-c3ccc(C)cc3)O2)cc1. The molecular formula is C45H33B3O9. The summed E-state index contributed by atoms with van der Waals surface area (Å²) in [6.07, 6.45) is 20.2. The van der Waals surface area contributed by atoms with Gasteiger partial charge in [0.2, 0.25) is 0 Å². The molecule has 0 saturated carbocycles. The first-order chi connectivity index (χ1) is 28.0. The maximum absolute atomic E-state index is 6.76. The van der Waals surface area contributed by atoms with E-state index in [1.54, 1.807) is 75.2 Å². The predicted octanol–water partition coefficient (Wildman–Crippen LogP) is 9.72. The number of benzene rings is 3. The highest BCUT2D eigenvalue weighted by Crippen LogP contribution is 2.37. The number of aryl methyl sites for hydroxylation is 3. The van der Waals surface area contributed by atoms with Crippen molar-refractivity contribution >= 4 is 37.7 Å². The molecule has 10 rings (SSSR count). The van der Waals surface area contributed by atoms with Gasteiger partial charge in [0.1, 0.15) is 0 Å². The lowest BCUT2D eigenvalue weighted by Gasteiger charge is -2.31. The van der Waals surface area contributed by atoms with Crippen molar-refractivity contribution in [2.24, 2.45) is 0 Å². The molecule has 1 aliphatic heterocycles. The van der Waals surface area contributed by atoms with Crippen molar-refractivity contribution in [3.05, 3.63) is 165 Å². The van der Waals surface area contributed by atoms with Crippen LogP contribution >= 0.6 is 0 Å². The van der Waals surface area contributed by atoms with Crippen molar-refractivity contribution in [2.45, 2.75) is 20.8 Å². The lowest BCUT2D eigenvalue weighted by molar-refractivity contribution is 0.308. The third kappa shape index (κ3) is 6.43. The van der Waals surface area contributed by atoms with Crippen molar-refractivity contribution in [3.8, 4) is 66.8 Å². The molecule has 1 saturated heterocycles. The fraction of sp³-hybridized carbons (Fsp3) is 0.0667. The van der Waals surface area contributed by atoms with E-state index in [-0.39, 0.29) is 0 Å². The summed E-state index contributed by atoms with van der Waals surface area (Å²) in [7, 11) is -2.93. The Balaban J connectivity index is 1.06. The van der Waals surface area contributed by atoms with E-state index in [1.165, 1.54) is 0 Å². The molecule has 0 atom stereocenters. The highest BCUT2D eigenvalue weighted by Gasteiger charge is 2.48. The summed E-state index contributed by atoms with van der Waals surface area (Å²) >= 11 is 0. The van der Waals surface area contributed by atoms with Gasteiger partial charge in [0.15, 0.2) is 0 Å². The largest absolute Gasteiger partial charge is 0.472 e. The average molecular weight is 750 g/mol. The standard InChI is InChI=1S/C45H33B3O9/c1-28-4-10-31(11-5-28)34-16-49-19-37(34)40-22-52-25-43(40)46-55-47(44-26-53-23-41(44)38-20-50-17-35(38)32-12-6-29(2)7-13-32)57-48(56-46)45-27-54-24-42(45)39-21-51-18-36(39)33-14-8-30(3)9-15-33/h4-27H,1-3H3. The lowest BCUT2D eigenvalue weighted by Crippen LogP contribution is -2.61. The third-order valence-electron chi connectivity index (χ3n) is 10.5. The van der Waals surface area contributed by atoms with Gasteiger partial charge in [0, 0.05) is 66.5 Å². The minimum absolute atomic E-state index is 0.644. The van der Waals surface area contributed by atoms with Gasteiger partial charge in [-0.25, -0.2) is 0 Å². The summed E-state index contributed by atoms with van der Waals surface area (Å²) in [6.45, 7) is 6.18. The second kappa shape index (κ2) is 14.5. The zero-order valence-corrected chi connectivity index (χ0v) is 31.3. The molecule has 1 fully saturated rings. The fourth-order valence-electron chi connectivity index (χ4n) is 7.38. The smallest absolute Gasteiger partial charge is 0.470 e. The van der Waals surface area contributed by atoms with Crippen LogP contribution in [0.3, 0.4) is 0 Å². The van der Waals surface area contributed by atoms with Crippen LogP contribution in [-0.2, 0) is 13.7 Å². The summed E-state index contributed by atoms with van der Waals surface area (Å²) in [5, 5.41) is 0. The normalized spacial score (nSPS) is 13.2. The van der Waals surface area contributed by atoms with Gasteiger partial charge in [-0.2, -0.15) is 0 Å². The minimum Gasteiger partial charge on any atom is -0.472 e. The van der Waals surface area contributed by atoms with Crippen molar-refractivity contribution in [2.75, 3.05) is 0 Å². The van der Waals surface area contributed by atoms with Crippen molar-refractivity contribution in [3.63, 3.8) is 0 Å². The highest BCUT2D eigenvalue weighted by atomic mass is 16.7. The molecule has 12 heteroatoms.